The molecule has 1 atom stereocenters. The molecule has 0 aromatic heterocycles. The van der Waals surface area contributed by atoms with Crippen LogP contribution in [0.3, 0.4) is 0 Å². The molecular weight excluding hydrogens is 288 g/mol. The van der Waals surface area contributed by atoms with Crippen molar-refractivity contribution in [1.82, 2.24) is 4.90 Å². The van der Waals surface area contributed by atoms with Crippen molar-refractivity contribution in [1.29, 1.82) is 0 Å². The van der Waals surface area contributed by atoms with Crippen LogP contribution in [0.5, 0.6) is 0 Å². The van der Waals surface area contributed by atoms with E-state index < -0.39 is 0 Å². The van der Waals surface area contributed by atoms with Crippen molar-refractivity contribution in [2.75, 3.05) is 31.6 Å². The number of anilines is 1. The Morgan fingerprint density at radius 3 is 2.83 bits per heavy atom. The average Bonchev–Trinajstić information content (AvgIpc) is 2.50. The van der Waals surface area contributed by atoms with Crippen LogP contribution in [0, 0.1) is 6.92 Å². The maximum Gasteiger partial charge on any atom is 0.0410 e. The molecule has 3 heteroatoms. The van der Waals surface area contributed by atoms with Gasteiger partial charge in [0.1, 0.15) is 0 Å². The van der Waals surface area contributed by atoms with Gasteiger partial charge in [-0.15, -0.1) is 0 Å². The molecule has 2 nitrogen and oxygen atoms in total. The summed E-state index contributed by atoms with van der Waals surface area (Å²) >= 11 is 3.62. The molecule has 0 radical (unpaired) electrons. The first-order valence-corrected chi connectivity index (χ1v) is 7.84. The minimum absolute atomic E-state index is 0.581. The lowest BCUT2D eigenvalue weighted by Gasteiger charge is -2.32. The van der Waals surface area contributed by atoms with Crippen molar-refractivity contribution in [2.24, 2.45) is 0 Å². The summed E-state index contributed by atoms with van der Waals surface area (Å²) in [6.07, 6.45) is 1.25. The number of benzene rings is 1. The first-order chi connectivity index (χ1) is 8.61. The molecule has 0 bridgehead atoms. The number of likely N-dealkylation sites (N-methyl/N-ethyl adjacent to an activating group) is 1. The van der Waals surface area contributed by atoms with Crippen LogP contribution in [0.25, 0.3) is 0 Å². The molecule has 0 spiro atoms. The number of halogens is 1. The van der Waals surface area contributed by atoms with Gasteiger partial charge in [0.2, 0.25) is 0 Å². The van der Waals surface area contributed by atoms with Gasteiger partial charge in [-0.2, -0.15) is 0 Å². The van der Waals surface area contributed by atoms with Gasteiger partial charge >= 0.3 is 0 Å². The first-order valence-electron chi connectivity index (χ1n) is 6.72. The Morgan fingerprint density at radius 2 is 2.11 bits per heavy atom. The Balaban J connectivity index is 2.29. The standard InChI is InChI=1S/C15H23BrN2/c1-12-5-6-15(14(9-12)10-16)18-8-4-7-17(3)11-13(18)2/h5-6,9,13H,4,7-8,10-11H2,1-3H3. The van der Waals surface area contributed by atoms with Gasteiger partial charge in [0.05, 0.1) is 0 Å². The highest BCUT2D eigenvalue weighted by Gasteiger charge is 2.21. The second-order valence-electron chi connectivity index (χ2n) is 5.42. The van der Waals surface area contributed by atoms with E-state index in [4.69, 9.17) is 0 Å². The topological polar surface area (TPSA) is 6.48 Å². The molecule has 1 fully saturated rings. The third kappa shape index (κ3) is 3.07. The molecule has 0 N–H and O–H groups in total. The van der Waals surface area contributed by atoms with E-state index >= 15 is 0 Å². The summed E-state index contributed by atoms with van der Waals surface area (Å²) in [6, 6.07) is 7.39. The van der Waals surface area contributed by atoms with Crippen LogP contribution >= 0.6 is 15.9 Å². The van der Waals surface area contributed by atoms with Crippen LogP contribution in [0.15, 0.2) is 18.2 Å². The van der Waals surface area contributed by atoms with Gasteiger partial charge in [-0.1, -0.05) is 33.6 Å². The molecule has 1 aliphatic rings. The molecule has 0 saturated carbocycles. The maximum atomic E-state index is 3.62. The van der Waals surface area contributed by atoms with Crippen LogP contribution < -0.4 is 4.90 Å². The second kappa shape index (κ2) is 6.07. The fourth-order valence-corrected chi connectivity index (χ4v) is 3.28. The Bertz CT molecular complexity index is 405. The van der Waals surface area contributed by atoms with E-state index in [2.05, 4.69) is 64.8 Å². The van der Waals surface area contributed by atoms with Crippen LogP contribution in [-0.4, -0.2) is 37.6 Å². The molecule has 2 rings (SSSR count). The summed E-state index contributed by atoms with van der Waals surface area (Å²) in [5, 5.41) is 0.934. The Morgan fingerprint density at radius 1 is 1.33 bits per heavy atom. The zero-order chi connectivity index (χ0) is 13.1. The molecular formula is C15H23BrN2. The first kappa shape index (κ1) is 13.9. The minimum atomic E-state index is 0.581. The van der Waals surface area contributed by atoms with Crippen molar-refractivity contribution in [2.45, 2.75) is 31.6 Å². The highest BCUT2D eigenvalue weighted by molar-refractivity contribution is 9.08. The lowest BCUT2D eigenvalue weighted by Crippen LogP contribution is -2.38. The molecule has 0 amide bonds. The summed E-state index contributed by atoms with van der Waals surface area (Å²) in [6.45, 7) is 8.01. The number of alkyl halides is 1. The summed E-state index contributed by atoms with van der Waals surface area (Å²) < 4.78 is 0. The van der Waals surface area contributed by atoms with E-state index in [1.807, 2.05) is 0 Å². The molecule has 1 unspecified atom stereocenters. The van der Waals surface area contributed by atoms with Gasteiger partial charge in [-0.05, 0) is 45.5 Å². The van der Waals surface area contributed by atoms with E-state index in [1.54, 1.807) is 0 Å². The number of nitrogens with zero attached hydrogens (tertiary/aromatic N) is 2. The van der Waals surface area contributed by atoms with Crippen molar-refractivity contribution in [3.63, 3.8) is 0 Å². The molecule has 18 heavy (non-hydrogen) atoms. The van der Waals surface area contributed by atoms with Gasteiger partial charge < -0.3 is 9.80 Å². The number of hydrogen-bond donors (Lipinski definition) is 0. The zero-order valence-corrected chi connectivity index (χ0v) is 13.2. The highest BCUT2D eigenvalue weighted by Crippen LogP contribution is 2.27. The monoisotopic (exact) mass is 310 g/mol. The average molecular weight is 311 g/mol. The predicted molar refractivity (Wildman–Crippen MR) is 82.7 cm³/mol. The lowest BCUT2D eigenvalue weighted by atomic mass is 10.1. The predicted octanol–water partition coefficient (Wildman–Crippen LogP) is 3.42. The normalized spacial score (nSPS) is 22.0. The van der Waals surface area contributed by atoms with Crippen LogP contribution in [0.1, 0.15) is 24.5 Å². The van der Waals surface area contributed by atoms with Crippen molar-refractivity contribution >= 4 is 21.6 Å². The molecule has 1 aromatic carbocycles. The Hall–Kier alpha value is -0.540. The highest BCUT2D eigenvalue weighted by atomic mass is 79.9. The molecule has 0 aliphatic carbocycles. The summed E-state index contributed by atoms with van der Waals surface area (Å²) in [4.78, 5) is 5.01. The molecule has 1 saturated heterocycles. The van der Waals surface area contributed by atoms with Crippen LogP contribution in [-0.2, 0) is 5.33 Å². The lowest BCUT2D eigenvalue weighted by molar-refractivity contribution is 0.337. The quantitative estimate of drug-likeness (QED) is 0.772. The molecule has 1 aliphatic heterocycles. The molecule has 100 valence electrons. The third-order valence-corrected chi connectivity index (χ3v) is 4.34. The van der Waals surface area contributed by atoms with E-state index in [-0.39, 0.29) is 0 Å². The van der Waals surface area contributed by atoms with E-state index in [1.165, 1.54) is 29.8 Å². The SMILES string of the molecule is Cc1ccc(N2CCCN(C)CC2C)c(CBr)c1. The van der Waals surface area contributed by atoms with Gasteiger partial charge in [0.15, 0.2) is 0 Å². The molecule has 1 aromatic rings. The smallest absolute Gasteiger partial charge is 0.0410 e. The largest absolute Gasteiger partial charge is 0.367 e. The van der Waals surface area contributed by atoms with E-state index in [0.717, 1.165) is 18.4 Å². The van der Waals surface area contributed by atoms with Crippen molar-refractivity contribution in [3.05, 3.63) is 29.3 Å². The Kier molecular flexibility index (Phi) is 4.68. The van der Waals surface area contributed by atoms with Gasteiger partial charge in [0, 0.05) is 30.1 Å². The fraction of sp³-hybridized carbons (Fsp3) is 0.600. The third-order valence-electron chi connectivity index (χ3n) is 3.74. The summed E-state index contributed by atoms with van der Waals surface area (Å²) in [5.74, 6) is 0. The Labute approximate surface area is 119 Å². The van der Waals surface area contributed by atoms with Crippen LogP contribution in [0.4, 0.5) is 5.69 Å². The second-order valence-corrected chi connectivity index (χ2v) is 5.98. The van der Waals surface area contributed by atoms with Gasteiger partial charge in [-0.25, -0.2) is 0 Å². The number of aryl methyl sites for hydroxylation is 1. The van der Waals surface area contributed by atoms with Crippen molar-refractivity contribution < 1.29 is 0 Å². The molecule has 1 heterocycles. The minimum Gasteiger partial charge on any atom is -0.367 e. The summed E-state index contributed by atoms with van der Waals surface area (Å²) in [5.41, 5.74) is 4.15. The van der Waals surface area contributed by atoms with E-state index in [0.29, 0.717) is 6.04 Å². The number of hydrogen-bond acceptors (Lipinski definition) is 2. The van der Waals surface area contributed by atoms with Crippen LogP contribution in [0.2, 0.25) is 0 Å². The summed E-state index contributed by atoms with van der Waals surface area (Å²) in [7, 11) is 2.22. The van der Waals surface area contributed by atoms with Crippen molar-refractivity contribution in [3.8, 4) is 0 Å². The van der Waals surface area contributed by atoms with Gasteiger partial charge in [-0.3, -0.25) is 0 Å². The van der Waals surface area contributed by atoms with E-state index in [9.17, 15) is 0 Å². The zero-order valence-electron chi connectivity index (χ0n) is 11.6. The fourth-order valence-electron chi connectivity index (χ4n) is 2.83. The number of rotatable bonds is 2. The van der Waals surface area contributed by atoms with Gasteiger partial charge in [0.25, 0.3) is 0 Å². The maximum absolute atomic E-state index is 3.62.